The minimum atomic E-state index is -1.96. The summed E-state index contributed by atoms with van der Waals surface area (Å²) >= 11 is 6.27. The maximum absolute atomic E-state index is 12.7. The second kappa shape index (κ2) is 13.3. The minimum Gasteiger partial charge on any atom is -0.465 e. The van der Waals surface area contributed by atoms with Gasteiger partial charge >= 0.3 is 5.97 Å². The number of esters is 1. The summed E-state index contributed by atoms with van der Waals surface area (Å²) in [7, 11) is -0.570. The van der Waals surface area contributed by atoms with Gasteiger partial charge in [0.1, 0.15) is 0 Å². The van der Waals surface area contributed by atoms with E-state index in [2.05, 4.69) is 44.8 Å². The van der Waals surface area contributed by atoms with E-state index < -0.39 is 8.32 Å². The molecule has 0 spiro atoms. The Labute approximate surface area is 235 Å². The molecule has 0 bridgehead atoms. The zero-order valence-corrected chi connectivity index (χ0v) is 25.6. The molecule has 38 heavy (non-hydrogen) atoms. The van der Waals surface area contributed by atoms with Gasteiger partial charge < -0.3 is 14.1 Å². The second-order valence-corrected chi connectivity index (χ2v) is 17.2. The molecule has 1 aliphatic rings. The molecular formula is C31H44ClNO4Si. The Balaban J connectivity index is 1.60. The number of rotatable bonds is 12. The lowest BCUT2D eigenvalue weighted by Gasteiger charge is -2.40. The monoisotopic (exact) mass is 557 g/mol. The number of methoxy groups -OCH3 is 1. The molecule has 1 fully saturated rings. The molecule has 1 amide bonds. The number of ether oxygens (including phenoxy) is 1. The van der Waals surface area contributed by atoms with E-state index in [0.717, 1.165) is 55.7 Å². The third kappa shape index (κ3) is 8.42. The van der Waals surface area contributed by atoms with Gasteiger partial charge in [-0.25, -0.2) is 4.79 Å². The van der Waals surface area contributed by atoms with Crippen LogP contribution in [0.3, 0.4) is 0 Å². The van der Waals surface area contributed by atoms with E-state index in [1.807, 2.05) is 30.3 Å². The first-order valence-corrected chi connectivity index (χ1v) is 17.1. The molecule has 5 nitrogen and oxygen atoms in total. The highest BCUT2D eigenvalue weighted by molar-refractivity contribution is 6.74. The number of aryl methyl sites for hydroxylation is 1. The van der Waals surface area contributed by atoms with Crippen molar-refractivity contribution in [3.63, 3.8) is 0 Å². The quantitative estimate of drug-likeness (QED) is 0.201. The van der Waals surface area contributed by atoms with Gasteiger partial charge in [0.25, 0.3) is 0 Å². The Morgan fingerprint density at radius 2 is 1.84 bits per heavy atom. The number of hydrogen-bond acceptors (Lipinski definition) is 4. The maximum Gasteiger partial charge on any atom is 0.337 e. The number of carbonyl (C=O) groups excluding carboxylic acids is 2. The topological polar surface area (TPSA) is 55.8 Å². The van der Waals surface area contributed by atoms with Crippen LogP contribution in [0.5, 0.6) is 0 Å². The van der Waals surface area contributed by atoms with E-state index in [9.17, 15) is 9.59 Å². The highest BCUT2D eigenvalue weighted by atomic mass is 35.5. The number of carbonyl (C=O) groups is 2. The molecule has 1 heterocycles. The lowest BCUT2D eigenvalue weighted by molar-refractivity contribution is -0.129. The molecule has 0 aliphatic carbocycles. The molecule has 2 aromatic rings. The summed E-state index contributed by atoms with van der Waals surface area (Å²) in [6, 6.07) is 15.9. The molecule has 2 aromatic carbocycles. The van der Waals surface area contributed by atoms with Gasteiger partial charge in [0.2, 0.25) is 5.91 Å². The number of hydrogen-bond donors (Lipinski definition) is 0. The van der Waals surface area contributed by atoms with Gasteiger partial charge in [-0.2, -0.15) is 0 Å². The smallest absolute Gasteiger partial charge is 0.337 e. The maximum atomic E-state index is 12.7. The van der Waals surface area contributed by atoms with E-state index in [0.29, 0.717) is 12.0 Å². The van der Waals surface area contributed by atoms with Crippen molar-refractivity contribution in [1.29, 1.82) is 0 Å². The van der Waals surface area contributed by atoms with E-state index in [-0.39, 0.29) is 29.1 Å². The lowest BCUT2D eigenvalue weighted by Crippen LogP contribution is -2.45. The van der Waals surface area contributed by atoms with Crippen molar-refractivity contribution in [2.75, 3.05) is 13.7 Å². The van der Waals surface area contributed by atoms with E-state index in [1.54, 1.807) is 12.1 Å². The minimum absolute atomic E-state index is 0.0974. The summed E-state index contributed by atoms with van der Waals surface area (Å²) in [5.74, 6) is -0.0685. The third-order valence-corrected chi connectivity index (χ3v) is 12.9. The van der Waals surface area contributed by atoms with Crippen molar-refractivity contribution in [3.8, 4) is 0 Å². The molecule has 1 saturated heterocycles. The van der Waals surface area contributed by atoms with Crippen molar-refractivity contribution >= 4 is 31.8 Å². The average Bonchev–Trinajstić information content (AvgIpc) is 3.20. The van der Waals surface area contributed by atoms with Gasteiger partial charge in [-0.05, 0) is 92.0 Å². The zero-order valence-electron chi connectivity index (χ0n) is 23.9. The van der Waals surface area contributed by atoms with Crippen molar-refractivity contribution in [2.45, 2.75) is 96.0 Å². The third-order valence-electron chi connectivity index (χ3n) is 8.13. The molecule has 0 radical (unpaired) electrons. The Morgan fingerprint density at radius 3 is 2.47 bits per heavy atom. The molecular weight excluding hydrogens is 514 g/mol. The Bertz CT molecular complexity index is 1080. The van der Waals surface area contributed by atoms with Gasteiger partial charge in [-0.3, -0.25) is 4.79 Å². The van der Waals surface area contributed by atoms with E-state index in [1.165, 1.54) is 12.7 Å². The van der Waals surface area contributed by atoms with Crippen LogP contribution < -0.4 is 0 Å². The molecule has 0 N–H and O–H groups in total. The largest absolute Gasteiger partial charge is 0.465 e. The Morgan fingerprint density at radius 1 is 1.13 bits per heavy atom. The summed E-state index contributed by atoms with van der Waals surface area (Å²) in [4.78, 5) is 26.5. The fourth-order valence-corrected chi connectivity index (χ4v) is 6.48. The number of benzene rings is 2. The normalized spacial score (nSPS) is 17.1. The first kappa shape index (κ1) is 30.4. The van der Waals surface area contributed by atoms with E-state index >= 15 is 0 Å². The molecule has 0 aromatic heterocycles. The molecule has 2 atom stereocenters. The summed E-state index contributed by atoms with van der Waals surface area (Å²) < 4.78 is 11.7. The summed E-state index contributed by atoms with van der Waals surface area (Å²) in [6.07, 6.45) is 6.09. The first-order chi connectivity index (χ1) is 17.9. The van der Waals surface area contributed by atoms with Crippen LogP contribution in [0, 0.1) is 0 Å². The number of nitrogens with zero attached hydrogens (tertiary/aromatic N) is 1. The van der Waals surface area contributed by atoms with Crippen molar-refractivity contribution in [1.82, 2.24) is 4.90 Å². The Hall–Kier alpha value is -2.15. The predicted octanol–water partition coefficient (Wildman–Crippen LogP) is 7.46. The molecule has 208 valence electrons. The summed E-state index contributed by atoms with van der Waals surface area (Å²) in [5.41, 5.74) is 2.90. The number of halogens is 1. The fraction of sp³-hybridized carbons (Fsp3) is 0.548. The fourth-order valence-electron chi connectivity index (χ4n) is 4.88. The Kier molecular flexibility index (Phi) is 10.6. The van der Waals surface area contributed by atoms with Gasteiger partial charge in [0, 0.05) is 30.1 Å². The highest BCUT2D eigenvalue weighted by Gasteiger charge is 2.39. The molecule has 0 saturated carbocycles. The van der Waals surface area contributed by atoms with Crippen LogP contribution in [0.4, 0.5) is 0 Å². The van der Waals surface area contributed by atoms with Gasteiger partial charge in [0.05, 0.1) is 12.7 Å². The van der Waals surface area contributed by atoms with Crippen molar-refractivity contribution < 1.29 is 18.8 Å². The van der Waals surface area contributed by atoms with Crippen LogP contribution in [0.25, 0.3) is 0 Å². The standard InChI is InChI=1S/C31H44ClNO4Si/c1-31(2,3)38(5,6)37-28(22-24-9-7-11-26(32)21-24)18-16-27-17-19-29(34)33(27)20-8-10-23-12-14-25(15-13-23)30(35)36-4/h7,9,11-15,21,27-28H,8,10,16-20,22H2,1-6H3. The highest BCUT2D eigenvalue weighted by Crippen LogP contribution is 2.38. The van der Waals surface area contributed by atoms with E-state index in [4.69, 9.17) is 20.8 Å². The average molecular weight is 558 g/mol. The van der Waals surface area contributed by atoms with Crippen molar-refractivity contribution in [3.05, 3.63) is 70.2 Å². The predicted molar refractivity (Wildman–Crippen MR) is 157 cm³/mol. The molecule has 3 rings (SSSR count). The van der Waals surface area contributed by atoms with Crippen LogP contribution in [0.1, 0.15) is 74.4 Å². The second-order valence-electron chi connectivity index (χ2n) is 12.0. The van der Waals surface area contributed by atoms with Crippen LogP contribution in [-0.2, 0) is 26.8 Å². The van der Waals surface area contributed by atoms with Crippen LogP contribution in [-0.4, -0.2) is 50.9 Å². The SMILES string of the molecule is COC(=O)c1ccc(CCCN2C(=O)CCC2CCC(Cc2cccc(Cl)c2)O[Si](C)(C)C(C)(C)C)cc1. The van der Waals surface area contributed by atoms with Gasteiger partial charge in [-0.15, -0.1) is 0 Å². The number of likely N-dealkylation sites (tertiary alicyclic amines) is 1. The van der Waals surface area contributed by atoms with Crippen LogP contribution >= 0.6 is 11.6 Å². The molecule has 1 aliphatic heterocycles. The molecule has 2 unspecified atom stereocenters. The van der Waals surface area contributed by atoms with Crippen LogP contribution in [0.15, 0.2) is 48.5 Å². The first-order valence-electron chi connectivity index (χ1n) is 13.8. The van der Waals surface area contributed by atoms with Crippen LogP contribution in [0.2, 0.25) is 23.2 Å². The summed E-state index contributed by atoms with van der Waals surface area (Å²) in [5, 5.41) is 0.880. The zero-order chi connectivity index (χ0) is 27.9. The van der Waals surface area contributed by atoms with Gasteiger partial charge in [0.15, 0.2) is 8.32 Å². The van der Waals surface area contributed by atoms with Gasteiger partial charge in [-0.1, -0.05) is 56.6 Å². The lowest BCUT2D eigenvalue weighted by atomic mass is 10.0. The molecule has 7 heteroatoms. The van der Waals surface area contributed by atoms with Crippen molar-refractivity contribution in [2.24, 2.45) is 0 Å². The number of amides is 1. The summed E-state index contributed by atoms with van der Waals surface area (Å²) in [6.45, 7) is 12.2.